The number of carbonyl (C=O) groups excluding carboxylic acids is 1. The van der Waals surface area contributed by atoms with Crippen molar-refractivity contribution in [2.75, 3.05) is 22.2 Å². The second kappa shape index (κ2) is 10.3. The van der Waals surface area contributed by atoms with Crippen molar-refractivity contribution in [3.05, 3.63) is 109 Å². The van der Waals surface area contributed by atoms with Crippen molar-refractivity contribution in [2.24, 2.45) is 0 Å². The molecule has 0 aliphatic heterocycles. The third-order valence-corrected chi connectivity index (χ3v) is 6.17. The van der Waals surface area contributed by atoms with Crippen molar-refractivity contribution in [1.82, 2.24) is 9.97 Å². The first-order valence-electron chi connectivity index (χ1n) is 11.1. The van der Waals surface area contributed by atoms with E-state index in [0.29, 0.717) is 11.3 Å². The molecule has 6 nitrogen and oxygen atoms in total. The smallest absolute Gasteiger partial charge is 0.255 e. The van der Waals surface area contributed by atoms with Gasteiger partial charge in [-0.1, -0.05) is 12.1 Å². The molecule has 0 fully saturated rings. The van der Waals surface area contributed by atoms with Crippen molar-refractivity contribution < 1.29 is 4.79 Å². The number of anilines is 5. The van der Waals surface area contributed by atoms with E-state index in [1.54, 1.807) is 36.4 Å². The average Bonchev–Trinajstić information content (AvgIpc) is 2.89. The van der Waals surface area contributed by atoms with Crippen molar-refractivity contribution >= 4 is 57.0 Å². The van der Waals surface area contributed by atoms with Gasteiger partial charge in [-0.2, -0.15) is 0 Å². The molecule has 3 aromatic carbocycles. The van der Waals surface area contributed by atoms with Gasteiger partial charge in [0.1, 0.15) is 0 Å². The summed E-state index contributed by atoms with van der Waals surface area (Å²) in [7, 11) is 0. The molecule has 7 heteroatoms. The number of nitrogens with zero attached hydrogens (tertiary/aromatic N) is 2. The molecule has 0 aliphatic carbocycles. The molecule has 0 radical (unpaired) electrons. The zero-order chi connectivity index (χ0) is 24.0. The molecular weight excluding hydrogens is 454 g/mol. The minimum atomic E-state index is -0.182. The predicted molar refractivity (Wildman–Crippen MR) is 145 cm³/mol. The quantitative estimate of drug-likeness (QED) is 0.217. The van der Waals surface area contributed by atoms with Gasteiger partial charge in [-0.3, -0.25) is 14.8 Å². The Morgan fingerprint density at radius 2 is 1.51 bits per heavy atom. The van der Waals surface area contributed by atoms with Crippen molar-refractivity contribution in [3.8, 4) is 0 Å². The summed E-state index contributed by atoms with van der Waals surface area (Å²) in [4.78, 5) is 22.7. The minimum Gasteiger partial charge on any atom is -0.355 e. The molecule has 2 heterocycles. The zero-order valence-electron chi connectivity index (χ0n) is 19.0. The Labute approximate surface area is 207 Å². The van der Waals surface area contributed by atoms with Gasteiger partial charge in [0, 0.05) is 62.9 Å². The molecule has 5 rings (SSSR count). The predicted octanol–water partition coefficient (Wildman–Crippen LogP) is 7.09. The topological polar surface area (TPSA) is 78.9 Å². The maximum atomic E-state index is 13.0. The van der Waals surface area contributed by atoms with Crippen LogP contribution in [-0.4, -0.2) is 22.1 Å². The molecule has 0 saturated carbocycles. The highest BCUT2D eigenvalue weighted by Gasteiger charge is 2.09. The van der Waals surface area contributed by atoms with E-state index in [1.807, 2.05) is 66.7 Å². The molecule has 0 spiro atoms. The van der Waals surface area contributed by atoms with Crippen LogP contribution >= 0.6 is 11.8 Å². The molecule has 0 saturated heterocycles. The van der Waals surface area contributed by atoms with Crippen LogP contribution in [0.25, 0.3) is 10.9 Å². The number of aromatic nitrogens is 2. The van der Waals surface area contributed by atoms with E-state index < -0.39 is 0 Å². The number of benzene rings is 3. The normalized spacial score (nSPS) is 10.7. The van der Waals surface area contributed by atoms with E-state index in [-0.39, 0.29) is 5.91 Å². The number of rotatable bonds is 7. The summed E-state index contributed by atoms with van der Waals surface area (Å²) in [6.07, 6.45) is 7.29. The van der Waals surface area contributed by atoms with Gasteiger partial charge < -0.3 is 16.0 Å². The highest BCUT2D eigenvalue weighted by molar-refractivity contribution is 7.98. The van der Waals surface area contributed by atoms with E-state index >= 15 is 0 Å². The number of pyridine rings is 2. The SMILES string of the molecule is CSc1ccc2nccc(Nc3cccc(C(=O)Nc4cccc(Nc5ccncc5)c4)c3)c2c1. The Bertz CT molecular complexity index is 1490. The van der Waals surface area contributed by atoms with Gasteiger partial charge in [0.25, 0.3) is 5.91 Å². The Balaban J connectivity index is 1.33. The van der Waals surface area contributed by atoms with Gasteiger partial charge in [-0.25, -0.2) is 0 Å². The van der Waals surface area contributed by atoms with Crippen LogP contribution in [0.1, 0.15) is 10.4 Å². The Kier molecular flexibility index (Phi) is 6.59. The lowest BCUT2D eigenvalue weighted by Crippen LogP contribution is -2.12. The van der Waals surface area contributed by atoms with Crippen LogP contribution in [0.5, 0.6) is 0 Å². The molecule has 0 atom stereocenters. The van der Waals surface area contributed by atoms with Crippen LogP contribution in [0, 0.1) is 0 Å². The van der Waals surface area contributed by atoms with Gasteiger partial charge >= 0.3 is 0 Å². The molecule has 0 bridgehead atoms. The third kappa shape index (κ3) is 5.42. The molecule has 2 aromatic heterocycles. The number of hydrogen-bond donors (Lipinski definition) is 3. The Morgan fingerprint density at radius 3 is 2.34 bits per heavy atom. The number of carbonyl (C=O) groups is 1. The van der Waals surface area contributed by atoms with Gasteiger partial charge in [0.05, 0.1) is 5.52 Å². The minimum absolute atomic E-state index is 0.182. The van der Waals surface area contributed by atoms with E-state index in [1.165, 1.54) is 4.90 Å². The number of fused-ring (bicyclic) bond motifs is 1. The molecule has 0 unspecified atom stereocenters. The number of hydrogen-bond acceptors (Lipinski definition) is 6. The lowest BCUT2D eigenvalue weighted by molar-refractivity contribution is 0.102. The van der Waals surface area contributed by atoms with Gasteiger partial charge in [0.2, 0.25) is 0 Å². The molecule has 3 N–H and O–H groups in total. The summed E-state index contributed by atoms with van der Waals surface area (Å²) in [6, 6.07) is 27.0. The van der Waals surface area contributed by atoms with Crippen LogP contribution in [0.4, 0.5) is 28.4 Å². The molecule has 0 aliphatic rings. The summed E-state index contributed by atoms with van der Waals surface area (Å²) >= 11 is 1.69. The van der Waals surface area contributed by atoms with Crippen LogP contribution in [0.15, 0.2) is 108 Å². The molecule has 5 aromatic rings. The van der Waals surface area contributed by atoms with Gasteiger partial charge in [-0.05, 0) is 79.1 Å². The second-order valence-electron chi connectivity index (χ2n) is 7.84. The Hall–Kier alpha value is -4.36. The van der Waals surface area contributed by atoms with E-state index in [9.17, 15) is 4.79 Å². The maximum Gasteiger partial charge on any atom is 0.255 e. The van der Waals surface area contributed by atoms with Crippen molar-refractivity contribution in [3.63, 3.8) is 0 Å². The first-order valence-corrected chi connectivity index (χ1v) is 12.3. The number of nitrogens with one attached hydrogen (secondary N) is 3. The highest BCUT2D eigenvalue weighted by Crippen LogP contribution is 2.29. The standard InChI is InChI=1S/C28H23N5OS/c1-35-24-8-9-26-25(18-24)27(12-15-30-26)32-21-5-2-4-19(16-21)28(34)33-23-7-3-6-22(17-23)31-20-10-13-29-14-11-20/h2-18H,1H3,(H,29,31)(H,30,32)(H,33,34). The fourth-order valence-corrected chi connectivity index (χ4v) is 4.17. The molecular formula is C28H23N5OS. The van der Waals surface area contributed by atoms with Crippen LogP contribution in [0.2, 0.25) is 0 Å². The second-order valence-corrected chi connectivity index (χ2v) is 8.72. The van der Waals surface area contributed by atoms with Crippen molar-refractivity contribution in [1.29, 1.82) is 0 Å². The fourth-order valence-electron chi connectivity index (χ4n) is 3.73. The molecule has 35 heavy (non-hydrogen) atoms. The monoisotopic (exact) mass is 477 g/mol. The number of thioether (sulfide) groups is 1. The van der Waals surface area contributed by atoms with E-state index in [0.717, 1.165) is 33.7 Å². The third-order valence-electron chi connectivity index (χ3n) is 5.44. The summed E-state index contributed by atoms with van der Waals surface area (Å²) < 4.78 is 0. The van der Waals surface area contributed by atoms with Crippen LogP contribution in [0.3, 0.4) is 0 Å². The highest BCUT2D eigenvalue weighted by atomic mass is 32.2. The van der Waals surface area contributed by atoms with E-state index in [4.69, 9.17) is 0 Å². The Morgan fingerprint density at radius 1 is 0.743 bits per heavy atom. The lowest BCUT2D eigenvalue weighted by Gasteiger charge is -2.12. The largest absolute Gasteiger partial charge is 0.355 e. The van der Waals surface area contributed by atoms with Crippen molar-refractivity contribution in [2.45, 2.75) is 4.90 Å². The van der Waals surface area contributed by atoms with Crippen LogP contribution < -0.4 is 16.0 Å². The summed E-state index contributed by atoms with van der Waals surface area (Å²) in [5, 5.41) is 10.8. The number of amides is 1. The maximum absolute atomic E-state index is 13.0. The molecule has 172 valence electrons. The average molecular weight is 478 g/mol. The first kappa shape index (κ1) is 22.4. The fraction of sp³-hybridized carbons (Fsp3) is 0.0357. The van der Waals surface area contributed by atoms with E-state index in [2.05, 4.69) is 44.3 Å². The lowest BCUT2D eigenvalue weighted by atomic mass is 10.1. The summed E-state index contributed by atoms with van der Waals surface area (Å²) in [6.45, 7) is 0. The summed E-state index contributed by atoms with van der Waals surface area (Å²) in [5.74, 6) is -0.182. The van der Waals surface area contributed by atoms with Gasteiger partial charge in [0.15, 0.2) is 0 Å². The van der Waals surface area contributed by atoms with Gasteiger partial charge in [-0.15, -0.1) is 11.8 Å². The first-order chi connectivity index (χ1) is 17.2. The molecule has 1 amide bonds. The summed E-state index contributed by atoms with van der Waals surface area (Å²) in [5.41, 5.74) is 5.75. The zero-order valence-corrected chi connectivity index (χ0v) is 19.8. The van der Waals surface area contributed by atoms with Crippen LogP contribution in [-0.2, 0) is 0 Å².